The molecule has 0 amide bonds. The molecule has 0 bridgehead atoms. The topological polar surface area (TPSA) is 35.2 Å². The SMILES string of the molecule is COc1ccc(C2(SCCN)c3ccccc3C=Cc3ccccc32)cc1. The summed E-state index contributed by atoms with van der Waals surface area (Å²) in [6.07, 6.45) is 4.45. The minimum absolute atomic E-state index is 0.317. The van der Waals surface area contributed by atoms with Crippen LogP contribution in [0.2, 0.25) is 0 Å². The van der Waals surface area contributed by atoms with Gasteiger partial charge in [-0.15, -0.1) is 11.8 Å². The van der Waals surface area contributed by atoms with Crippen molar-refractivity contribution in [3.05, 3.63) is 101 Å². The number of thioether (sulfide) groups is 1. The molecule has 0 unspecified atom stereocenters. The zero-order chi connectivity index (χ0) is 18.7. The Labute approximate surface area is 165 Å². The average molecular weight is 374 g/mol. The minimum Gasteiger partial charge on any atom is -0.497 e. The van der Waals surface area contributed by atoms with Crippen LogP contribution in [0.5, 0.6) is 5.75 Å². The first-order valence-electron chi connectivity index (χ1n) is 9.15. The standard InChI is InChI=1S/C24H23NOS/c1-26-21-14-12-20(13-15-21)24(27-17-16-25)22-8-4-2-6-18(22)10-11-19-7-3-5-9-23(19)24/h2-15H,16-17,25H2,1H3. The molecule has 0 aromatic heterocycles. The maximum Gasteiger partial charge on any atom is 0.118 e. The van der Waals surface area contributed by atoms with E-state index in [0.717, 1.165) is 11.5 Å². The number of hydrogen-bond donors (Lipinski definition) is 1. The third-order valence-corrected chi connectivity index (χ3v) is 6.60. The van der Waals surface area contributed by atoms with Crippen LogP contribution in [0.25, 0.3) is 12.2 Å². The lowest BCUT2D eigenvalue weighted by atomic mass is 9.81. The Kier molecular flexibility index (Phi) is 5.06. The number of hydrogen-bond acceptors (Lipinski definition) is 3. The number of fused-ring (bicyclic) bond motifs is 2. The Hall–Kier alpha value is -2.49. The average Bonchev–Trinajstić information content (AvgIpc) is 2.88. The molecule has 3 aromatic rings. The summed E-state index contributed by atoms with van der Waals surface area (Å²) in [5.74, 6) is 1.74. The largest absolute Gasteiger partial charge is 0.497 e. The lowest BCUT2D eigenvalue weighted by Gasteiger charge is -2.36. The summed E-state index contributed by atoms with van der Waals surface area (Å²) in [5.41, 5.74) is 12.3. The number of ether oxygens (including phenoxy) is 1. The summed E-state index contributed by atoms with van der Waals surface area (Å²) in [5, 5.41) is 0. The Morgan fingerprint density at radius 1 is 0.815 bits per heavy atom. The van der Waals surface area contributed by atoms with Gasteiger partial charge in [0.25, 0.3) is 0 Å². The summed E-state index contributed by atoms with van der Waals surface area (Å²) in [6.45, 7) is 0.639. The molecule has 1 aliphatic carbocycles. The van der Waals surface area contributed by atoms with Gasteiger partial charge in [-0.3, -0.25) is 0 Å². The van der Waals surface area contributed by atoms with E-state index in [9.17, 15) is 0 Å². The smallest absolute Gasteiger partial charge is 0.118 e. The zero-order valence-electron chi connectivity index (χ0n) is 15.4. The van der Waals surface area contributed by atoms with Crippen molar-refractivity contribution in [3.63, 3.8) is 0 Å². The molecule has 0 saturated carbocycles. The van der Waals surface area contributed by atoms with Crippen molar-refractivity contribution in [1.82, 2.24) is 0 Å². The maximum absolute atomic E-state index is 5.95. The number of methoxy groups -OCH3 is 1. The molecule has 3 aromatic carbocycles. The molecule has 2 nitrogen and oxygen atoms in total. The van der Waals surface area contributed by atoms with Gasteiger partial charge in [0.1, 0.15) is 5.75 Å². The van der Waals surface area contributed by atoms with Crippen molar-refractivity contribution < 1.29 is 4.74 Å². The monoisotopic (exact) mass is 373 g/mol. The highest BCUT2D eigenvalue weighted by atomic mass is 32.2. The normalized spacial score (nSPS) is 14.1. The Balaban J connectivity index is 2.05. The van der Waals surface area contributed by atoms with Gasteiger partial charge >= 0.3 is 0 Å². The van der Waals surface area contributed by atoms with Crippen molar-refractivity contribution >= 4 is 23.9 Å². The van der Waals surface area contributed by atoms with E-state index in [0.29, 0.717) is 6.54 Å². The first-order chi connectivity index (χ1) is 13.3. The third kappa shape index (κ3) is 3.07. The van der Waals surface area contributed by atoms with Gasteiger partial charge in [0.15, 0.2) is 0 Å². The lowest BCUT2D eigenvalue weighted by Crippen LogP contribution is -2.28. The second-order valence-corrected chi connectivity index (χ2v) is 7.86. The molecule has 0 fully saturated rings. The fraction of sp³-hybridized carbons (Fsp3) is 0.167. The van der Waals surface area contributed by atoms with Crippen LogP contribution < -0.4 is 10.5 Å². The van der Waals surface area contributed by atoms with Crippen LogP contribution in [0.15, 0.2) is 72.8 Å². The molecule has 27 heavy (non-hydrogen) atoms. The van der Waals surface area contributed by atoms with E-state index in [1.165, 1.54) is 27.8 Å². The zero-order valence-corrected chi connectivity index (χ0v) is 16.2. The van der Waals surface area contributed by atoms with Crippen LogP contribution in [-0.2, 0) is 4.75 Å². The molecule has 0 saturated heterocycles. The Morgan fingerprint density at radius 3 is 1.89 bits per heavy atom. The summed E-state index contributed by atoms with van der Waals surface area (Å²) in [6, 6.07) is 25.8. The van der Waals surface area contributed by atoms with Crippen LogP contribution in [-0.4, -0.2) is 19.4 Å². The van der Waals surface area contributed by atoms with E-state index in [2.05, 4.69) is 72.8 Å². The van der Waals surface area contributed by atoms with Gasteiger partial charge in [-0.1, -0.05) is 72.8 Å². The van der Waals surface area contributed by atoms with Gasteiger partial charge in [0.05, 0.1) is 11.9 Å². The molecule has 136 valence electrons. The molecule has 0 atom stereocenters. The third-order valence-electron chi connectivity index (χ3n) is 5.06. The molecule has 4 rings (SSSR count). The molecule has 0 aliphatic heterocycles. The van der Waals surface area contributed by atoms with E-state index >= 15 is 0 Å². The van der Waals surface area contributed by atoms with E-state index in [-0.39, 0.29) is 4.75 Å². The molecule has 3 heteroatoms. The van der Waals surface area contributed by atoms with Gasteiger partial charge in [0.2, 0.25) is 0 Å². The summed E-state index contributed by atoms with van der Waals surface area (Å²) in [4.78, 5) is 0. The highest BCUT2D eigenvalue weighted by Crippen LogP contribution is 2.52. The fourth-order valence-corrected chi connectivity index (χ4v) is 5.25. The molecule has 0 heterocycles. The first-order valence-corrected chi connectivity index (χ1v) is 10.1. The maximum atomic E-state index is 5.95. The molecular formula is C24H23NOS. The van der Waals surface area contributed by atoms with Gasteiger partial charge in [-0.05, 0) is 39.9 Å². The van der Waals surface area contributed by atoms with Crippen LogP contribution in [0, 0.1) is 0 Å². The summed E-state index contributed by atoms with van der Waals surface area (Å²) >= 11 is 1.90. The van der Waals surface area contributed by atoms with Crippen molar-refractivity contribution in [2.45, 2.75) is 4.75 Å². The quantitative estimate of drug-likeness (QED) is 0.671. The molecular weight excluding hydrogens is 350 g/mol. The minimum atomic E-state index is -0.317. The van der Waals surface area contributed by atoms with Gasteiger partial charge in [-0.2, -0.15) is 0 Å². The van der Waals surface area contributed by atoms with Crippen LogP contribution in [0.1, 0.15) is 27.8 Å². The highest BCUT2D eigenvalue weighted by Gasteiger charge is 2.40. The molecule has 0 spiro atoms. The summed E-state index contributed by atoms with van der Waals surface area (Å²) < 4.78 is 5.08. The predicted octanol–water partition coefficient (Wildman–Crippen LogP) is 5.16. The highest BCUT2D eigenvalue weighted by molar-refractivity contribution is 8.00. The predicted molar refractivity (Wildman–Crippen MR) is 116 cm³/mol. The number of rotatable bonds is 5. The van der Waals surface area contributed by atoms with Gasteiger partial charge in [-0.25, -0.2) is 0 Å². The second-order valence-electron chi connectivity index (χ2n) is 6.55. The van der Waals surface area contributed by atoms with Crippen LogP contribution in [0.3, 0.4) is 0 Å². The van der Waals surface area contributed by atoms with E-state index in [1.54, 1.807) is 7.11 Å². The van der Waals surface area contributed by atoms with E-state index < -0.39 is 0 Å². The van der Waals surface area contributed by atoms with E-state index in [4.69, 9.17) is 10.5 Å². The number of benzene rings is 3. The first kappa shape index (κ1) is 17.9. The fourth-order valence-electron chi connectivity index (χ4n) is 3.84. The number of nitrogens with two attached hydrogens (primary N) is 1. The second kappa shape index (κ2) is 7.63. The Morgan fingerprint density at radius 2 is 1.37 bits per heavy atom. The van der Waals surface area contributed by atoms with Crippen molar-refractivity contribution in [3.8, 4) is 5.75 Å². The Bertz CT molecular complexity index is 913. The van der Waals surface area contributed by atoms with Crippen molar-refractivity contribution in [2.75, 3.05) is 19.4 Å². The van der Waals surface area contributed by atoms with Crippen LogP contribution >= 0.6 is 11.8 Å². The molecule has 1 aliphatic rings. The van der Waals surface area contributed by atoms with Crippen molar-refractivity contribution in [1.29, 1.82) is 0 Å². The van der Waals surface area contributed by atoms with E-state index in [1.807, 2.05) is 23.9 Å². The van der Waals surface area contributed by atoms with Crippen molar-refractivity contribution in [2.24, 2.45) is 5.73 Å². The van der Waals surface area contributed by atoms with Crippen LogP contribution in [0.4, 0.5) is 0 Å². The molecule has 0 radical (unpaired) electrons. The summed E-state index contributed by atoms with van der Waals surface area (Å²) in [7, 11) is 1.70. The lowest BCUT2D eigenvalue weighted by molar-refractivity contribution is 0.414. The van der Waals surface area contributed by atoms with Gasteiger partial charge < -0.3 is 10.5 Å². The molecule has 2 N–H and O–H groups in total. The van der Waals surface area contributed by atoms with Gasteiger partial charge in [0, 0.05) is 12.3 Å².